The maximum Gasteiger partial charge on any atom is 0.0666 e. The molecule has 1 aliphatic rings. The summed E-state index contributed by atoms with van der Waals surface area (Å²) in [6.07, 6.45) is 3.27. The Morgan fingerprint density at radius 1 is 1.53 bits per heavy atom. The summed E-state index contributed by atoms with van der Waals surface area (Å²) < 4.78 is 5.60. The summed E-state index contributed by atoms with van der Waals surface area (Å²) in [5, 5.41) is 0.790. The van der Waals surface area contributed by atoms with Gasteiger partial charge in [0.05, 0.1) is 17.0 Å². The molecule has 0 spiro atoms. The molecule has 0 amide bonds. The quantitative estimate of drug-likeness (QED) is 0.894. The summed E-state index contributed by atoms with van der Waals surface area (Å²) in [6, 6.07) is 6.12. The van der Waals surface area contributed by atoms with Gasteiger partial charge in [0.2, 0.25) is 0 Å². The van der Waals surface area contributed by atoms with Crippen molar-refractivity contribution in [3.05, 3.63) is 30.1 Å². The van der Waals surface area contributed by atoms with Crippen LogP contribution in [0.25, 0.3) is 0 Å². The van der Waals surface area contributed by atoms with Gasteiger partial charge < -0.3 is 10.5 Å². The Balaban J connectivity index is 2.08. The molecular weight excluding hydrogens is 232 g/mol. The maximum absolute atomic E-state index is 6.09. The number of pyridine rings is 1. The second-order valence-electron chi connectivity index (χ2n) is 4.57. The van der Waals surface area contributed by atoms with Crippen LogP contribution in [0.2, 0.25) is 0 Å². The second-order valence-corrected chi connectivity index (χ2v) is 5.96. The molecule has 0 aliphatic carbocycles. The van der Waals surface area contributed by atoms with Gasteiger partial charge in [-0.1, -0.05) is 6.07 Å². The molecule has 1 aromatic heterocycles. The molecule has 2 heterocycles. The number of aromatic nitrogens is 1. The third-order valence-electron chi connectivity index (χ3n) is 3.08. The molecule has 4 unspecified atom stereocenters. The van der Waals surface area contributed by atoms with E-state index in [4.69, 9.17) is 10.5 Å². The summed E-state index contributed by atoms with van der Waals surface area (Å²) in [5.41, 5.74) is 7.17. The van der Waals surface area contributed by atoms with E-state index in [9.17, 15) is 0 Å². The largest absolute Gasteiger partial charge is 0.377 e. The van der Waals surface area contributed by atoms with Crippen LogP contribution in [0.15, 0.2) is 24.4 Å². The predicted molar refractivity (Wildman–Crippen MR) is 72.0 cm³/mol. The van der Waals surface area contributed by atoms with E-state index in [0.29, 0.717) is 11.4 Å². The molecule has 4 heteroatoms. The highest BCUT2D eigenvalue weighted by Gasteiger charge is 2.30. The molecular formula is C13H20N2OS. The molecule has 94 valence electrons. The number of ether oxygens (including phenoxy) is 1. The Bertz CT molecular complexity index is 345. The number of hydrogen-bond acceptors (Lipinski definition) is 4. The van der Waals surface area contributed by atoms with E-state index < -0.39 is 0 Å². The SMILES string of the molecule is CC(N)C(SC1CCOC1C)c1ccccn1. The minimum atomic E-state index is 0.0997. The summed E-state index contributed by atoms with van der Waals surface area (Å²) in [5.74, 6) is 0. The lowest BCUT2D eigenvalue weighted by molar-refractivity contribution is 0.127. The van der Waals surface area contributed by atoms with E-state index in [1.54, 1.807) is 0 Å². The second kappa shape index (κ2) is 5.85. The van der Waals surface area contributed by atoms with Crippen molar-refractivity contribution < 1.29 is 4.74 Å². The third-order valence-corrected chi connectivity index (χ3v) is 5.02. The molecule has 0 aromatic carbocycles. The van der Waals surface area contributed by atoms with E-state index in [1.165, 1.54) is 0 Å². The first-order chi connectivity index (χ1) is 8.18. The van der Waals surface area contributed by atoms with Crippen LogP contribution < -0.4 is 5.73 Å². The first kappa shape index (κ1) is 12.9. The van der Waals surface area contributed by atoms with Gasteiger partial charge in [-0.15, -0.1) is 11.8 Å². The first-order valence-electron chi connectivity index (χ1n) is 6.12. The maximum atomic E-state index is 6.09. The van der Waals surface area contributed by atoms with Crippen LogP contribution in [0.5, 0.6) is 0 Å². The zero-order valence-corrected chi connectivity index (χ0v) is 11.2. The molecule has 0 radical (unpaired) electrons. The van der Waals surface area contributed by atoms with Gasteiger partial charge in [0.25, 0.3) is 0 Å². The van der Waals surface area contributed by atoms with Crippen molar-refractivity contribution in [2.75, 3.05) is 6.61 Å². The standard InChI is InChI=1S/C13H20N2OS/c1-9(14)13(11-5-3-4-7-15-11)17-12-6-8-16-10(12)2/h3-5,7,9-10,12-13H,6,8,14H2,1-2H3. The van der Waals surface area contributed by atoms with Crippen molar-refractivity contribution in [2.45, 2.75) is 42.9 Å². The smallest absolute Gasteiger partial charge is 0.0666 e. The van der Waals surface area contributed by atoms with E-state index in [2.05, 4.69) is 18.0 Å². The van der Waals surface area contributed by atoms with Gasteiger partial charge in [0.1, 0.15) is 0 Å². The average molecular weight is 252 g/mol. The van der Waals surface area contributed by atoms with E-state index >= 15 is 0 Å². The molecule has 3 nitrogen and oxygen atoms in total. The molecule has 1 saturated heterocycles. The highest BCUT2D eigenvalue weighted by atomic mass is 32.2. The van der Waals surface area contributed by atoms with Gasteiger partial charge in [0.15, 0.2) is 0 Å². The minimum Gasteiger partial charge on any atom is -0.377 e. The normalized spacial score (nSPS) is 27.9. The van der Waals surface area contributed by atoms with Crippen LogP contribution in [-0.2, 0) is 4.74 Å². The number of nitrogens with zero attached hydrogens (tertiary/aromatic N) is 1. The highest BCUT2D eigenvalue weighted by molar-refractivity contribution is 8.00. The molecule has 4 atom stereocenters. The van der Waals surface area contributed by atoms with Crippen molar-refractivity contribution in [2.24, 2.45) is 5.73 Å². The van der Waals surface area contributed by atoms with E-state index in [-0.39, 0.29) is 11.3 Å². The van der Waals surface area contributed by atoms with Gasteiger partial charge in [0, 0.05) is 24.1 Å². The molecule has 1 aromatic rings. The Labute approximate surface area is 107 Å². The topological polar surface area (TPSA) is 48.1 Å². The fourth-order valence-corrected chi connectivity index (χ4v) is 3.52. The summed E-state index contributed by atoms with van der Waals surface area (Å²) in [6.45, 7) is 5.06. The van der Waals surface area contributed by atoms with Crippen LogP contribution in [-0.4, -0.2) is 29.0 Å². The summed E-state index contributed by atoms with van der Waals surface area (Å²) in [7, 11) is 0. The Morgan fingerprint density at radius 2 is 2.35 bits per heavy atom. The molecule has 2 N–H and O–H groups in total. The van der Waals surface area contributed by atoms with E-state index in [1.807, 2.05) is 37.0 Å². The lowest BCUT2D eigenvalue weighted by Gasteiger charge is -2.24. The summed E-state index contributed by atoms with van der Waals surface area (Å²) >= 11 is 1.91. The average Bonchev–Trinajstić information content (AvgIpc) is 2.72. The molecule has 0 saturated carbocycles. The lowest BCUT2D eigenvalue weighted by Crippen LogP contribution is -2.26. The van der Waals surface area contributed by atoms with Gasteiger partial charge >= 0.3 is 0 Å². The molecule has 1 fully saturated rings. The number of thioether (sulfide) groups is 1. The fourth-order valence-electron chi connectivity index (χ4n) is 2.09. The summed E-state index contributed by atoms with van der Waals surface area (Å²) in [4.78, 5) is 4.43. The Kier molecular flexibility index (Phi) is 4.42. The minimum absolute atomic E-state index is 0.0997. The number of nitrogens with two attached hydrogens (primary N) is 1. The fraction of sp³-hybridized carbons (Fsp3) is 0.615. The first-order valence-corrected chi connectivity index (χ1v) is 7.06. The van der Waals surface area contributed by atoms with Crippen molar-refractivity contribution in [1.82, 2.24) is 4.98 Å². The van der Waals surface area contributed by atoms with Crippen LogP contribution >= 0.6 is 11.8 Å². The van der Waals surface area contributed by atoms with Gasteiger partial charge in [-0.3, -0.25) is 4.98 Å². The van der Waals surface area contributed by atoms with Gasteiger partial charge in [-0.25, -0.2) is 0 Å². The predicted octanol–water partition coefficient (Wildman–Crippen LogP) is 2.38. The zero-order valence-electron chi connectivity index (χ0n) is 10.4. The lowest BCUT2D eigenvalue weighted by atomic mass is 10.2. The van der Waals surface area contributed by atoms with Gasteiger partial charge in [-0.05, 0) is 32.4 Å². The van der Waals surface area contributed by atoms with Crippen LogP contribution in [0.1, 0.15) is 31.2 Å². The Hall–Kier alpha value is -0.580. The number of hydrogen-bond donors (Lipinski definition) is 1. The molecule has 17 heavy (non-hydrogen) atoms. The van der Waals surface area contributed by atoms with Crippen LogP contribution in [0, 0.1) is 0 Å². The molecule has 1 aliphatic heterocycles. The van der Waals surface area contributed by atoms with Crippen molar-refractivity contribution in [1.29, 1.82) is 0 Å². The monoisotopic (exact) mass is 252 g/mol. The van der Waals surface area contributed by atoms with Crippen molar-refractivity contribution in [3.8, 4) is 0 Å². The van der Waals surface area contributed by atoms with Gasteiger partial charge in [-0.2, -0.15) is 0 Å². The molecule has 2 rings (SSSR count). The third kappa shape index (κ3) is 3.21. The van der Waals surface area contributed by atoms with Crippen LogP contribution in [0.3, 0.4) is 0 Å². The number of rotatable bonds is 4. The highest BCUT2D eigenvalue weighted by Crippen LogP contribution is 2.38. The van der Waals surface area contributed by atoms with Crippen molar-refractivity contribution in [3.63, 3.8) is 0 Å². The Morgan fingerprint density at radius 3 is 2.88 bits per heavy atom. The molecule has 0 bridgehead atoms. The zero-order chi connectivity index (χ0) is 12.3. The van der Waals surface area contributed by atoms with Crippen molar-refractivity contribution >= 4 is 11.8 Å². The van der Waals surface area contributed by atoms with Crippen LogP contribution in [0.4, 0.5) is 0 Å². The van der Waals surface area contributed by atoms with E-state index in [0.717, 1.165) is 18.7 Å².